The van der Waals surface area contributed by atoms with E-state index in [0.717, 1.165) is 10.9 Å². The highest BCUT2D eigenvalue weighted by molar-refractivity contribution is 7.98. The molecular formula is C20H24ClN3O4S. The Kier molecular flexibility index (Phi) is 6.74. The molecule has 0 aliphatic carbocycles. The summed E-state index contributed by atoms with van der Waals surface area (Å²) in [4.78, 5) is 38.9. The number of carbonyl (C=O) groups is 3. The summed E-state index contributed by atoms with van der Waals surface area (Å²) in [5.74, 6) is -1.03. The van der Waals surface area contributed by atoms with Crippen LogP contribution in [-0.2, 0) is 16.6 Å². The number of thioether (sulfide) groups is 1. The molecule has 1 aromatic carbocycles. The summed E-state index contributed by atoms with van der Waals surface area (Å²) in [6.07, 6.45) is 3.45. The number of carbonyl (C=O) groups excluding carboxylic acids is 2. The lowest BCUT2D eigenvalue weighted by molar-refractivity contribution is -0.148. The number of aliphatic carboxylic acids is 1. The van der Waals surface area contributed by atoms with Gasteiger partial charge in [0.15, 0.2) is 0 Å². The van der Waals surface area contributed by atoms with E-state index in [2.05, 4.69) is 5.32 Å². The van der Waals surface area contributed by atoms with Gasteiger partial charge in [0.05, 0.1) is 0 Å². The lowest BCUT2D eigenvalue weighted by Gasteiger charge is -2.27. The van der Waals surface area contributed by atoms with E-state index in [1.165, 1.54) is 4.90 Å². The maximum absolute atomic E-state index is 13.0. The Morgan fingerprint density at radius 2 is 2.10 bits per heavy atom. The highest BCUT2D eigenvalue weighted by atomic mass is 35.5. The molecule has 1 saturated heterocycles. The lowest BCUT2D eigenvalue weighted by Crippen LogP contribution is -2.52. The van der Waals surface area contributed by atoms with Gasteiger partial charge >= 0.3 is 5.97 Å². The average molecular weight is 438 g/mol. The number of likely N-dealkylation sites (tertiary alicyclic amines) is 1. The molecule has 3 rings (SSSR count). The summed E-state index contributed by atoms with van der Waals surface area (Å²) in [5, 5.41) is 13.6. The minimum atomic E-state index is -1.00. The molecule has 2 heterocycles. The first-order valence-corrected chi connectivity index (χ1v) is 11.2. The molecule has 1 fully saturated rings. The smallest absolute Gasteiger partial charge is 0.326 e. The predicted molar refractivity (Wildman–Crippen MR) is 115 cm³/mol. The Balaban J connectivity index is 1.83. The van der Waals surface area contributed by atoms with Crippen molar-refractivity contribution >= 4 is 52.0 Å². The van der Waals surface area contributed by atoms with E-state index in [0.29, 0.717) is 42.3 Å². The molecule has 0 radical (unpaired) electrons. The maximum Gasteiger partial charge on any atom is 0.326 e. The molecule has 1 aliphatic heterocycles. The number of carboxylic acid groups (broad SMARTS) is 1. The van der Waals surface area contributed by atoms with Gasteiger partial charge in [-0.05, 0) is 55.5 Å². The van der Waals surface area contributed by atoms with Crippen LogP contribution in [0.25, 0.3) is 10.9 Å². The first-order chi connectivity index (χ1) is 13.8. The number of amides is 2. The summed E-state index contributed by atoms with van der Waals surface area (Å²) in [6.45, 7) is 0.397. The standard InChI is InChI=1S/C20H24ClN3O4S/c1-23-15-6-5-13(21)10-12(15)11-17(23)18(25)22-14(7-9-29-2)19(26)24-8-3-4-16(24)20(27)28/h5-6,10-11,14,16H,3-4,7-9H2,1-2H3,(H,22,25)(H,27,28)/t14-,16-/m0/s1. The van der Waals surface area contributed by atoms with Gasteiger partial charge in [-0.15, -0.1) is 0 Å². The normalized spacial score (nSPS) is 17.5. The zero-order chi connectivity index (χ0) is 21.1. The van der Waals surface area contributed by atoms with Crippen molar-refractivity contribution in [2.75, 3.05) is 18.6 Å². The minimum Gasteiger partial charge on any atom is -0.480 e. The molecule has 0 unspecified atom stereocenters. The second kappa shape index (κ2) is 9.09. The van der Waals surface area contributed by atoms with E-state index in [9.17, 15) is 19.5 Å². The van der Waals surface area contributed by atoms with E-state index >= 15 is 0 Å². The molecule has 2 amide bonds. The number of nitrogens with zero attached hydrogens (tertiary/aromatic N) is 2. The van der Waals surface area contributed by atoms with Crippen molar-refractivity contribution in [1.29, 1.82) is 0 Å². The molecule has 7 nitrogen and oxygen atoms in total. The van der Waals surface area contributed by atoms with Crippen LogP contribution >= 0.6 is 23.4 Å². The highest BCUT2D eigenvalue weighted by Crippen LogP contribution is 2.23. The molecule has 156 valence electrons. The second-order valence-electron chi connectivity index (χ2n) is 7.13. The second-order valence-corrected chi connectivity index (χ2v) is 8.55. The summed E-state index contributed by atoms with van der Waals surface area (Å²) >= 11 is 7.61. The van der Waals surface area contributed by atoms with Gasteiger partial charge in [-0.2, -0.15) is 11.8 Å². The summed E-state index contributed by atoms with van der Waals surface area (Å²) < 4.78 is 1.76. The fraction of sp³-hybridized carbons (Fsp3) is 0.450. The van der Waals surface area contributed by atoms with Crippen LogP contribution in [0.3, 0.4) is 0 Å². The van der Waals surface area contributed by atoms with Crippen molar-refractivity contribution in [2.45, 2.75) is 31.3 Å². The van der Waals surface area contributed by atoms with Gasteiger partial charge in [0.2, 0.25) is 5.91 Å². The number of aryl methyl sites for hydroxylation is 1. The number of hydrogen-bond donors (Lipinski definition) is 2. The van der Waals surface area contributed by atoms with Gasteiger partial charge in [-0.3, -0.25) is 9.59 Å². The van der Waals surface area contributed by atoms with Crippen LogP contribution in [-0.4, -0.2) is 63.0 Å². The SMILES string of the molecule is CSCC[C@H](NC(=O)c1cc2cc(Cl)ccc2n1C)C(=O)N1CCC[C@H]1C(=O)O. The first-order valence-electron chi connectivity index (χ1n) is 9.41. The summed E-state index contributed by atoms with van der Waals surface area (Å²) in [5.41, 5.74) is 1.28. The number of rotatable bonds is 7. The number of benzene rings is 1. The summed E-state index contributed by atoms with van der Waals surface area (Å²) in [6, 6.07) is 5.53. The van der Waals surface area contributed by atoms with E-state index in [1.54, 1.807) is 41.6 Å². The number of fused-ring (bicyclic) bond motifs is 1. The predicted octanol–water partition coefficient (Wildman–Crippen LogP) is 2.76. The third-order valence-corrected chi connectivity index (χ3v) is 6.15. The zero-order valence-electron chi connectivity index (χ0n) is 16.4. The molecule has 29 heavy (non-hydrogen) atoms. The van der Waals surface area contributed by atoms with Crippen molar-refractivity contribution in [1.82, 2.24) is 14.8 Å². The topological polar surface area (TPSA) is 91.6 Å². The maximum atomic E-state index is 13.0. The number of hydrogen-bond acceptors (Lipinski definition) is 4. The van der Waals surface area contributed by atoms with E-state index in [1.807, 2.05) is 12.3 Å². The van der Waals surface area contributed by atoms with Crippen molar-refractivity contribution in [3.8, 4) is 0 Å². The van der Waals surface area contributed by atoms with Crippen molar-refractivity contribution in [3.63, 3.8) is 0 Å². The van der Waals surface area contributed by atoms with Gasteiger partial charge in [-0.25, -0.2) is 4.79 Å². The van der Waals surface area contributed by atoms with Gasteiger partial charge in [0.1, 0.15) is 17.8 Å². The Bertz CT molecular complexity index is 945. The number of carboxylic acids is 1. The van der Waals surface area contributed by atoms with Gasteiger partial charge < -0.3 is 19.9 Å². The molecular weight excluding hydrogens is 414 g/mol. The van der Waals surface area contributed by atoms with Crippen LogP contribution in [0.2, 0.25) is 5.02 Å². The van der Waals surface area contributed by atoms with Crippen LogP contribution in [0.1, 0.15) is 29.8 Å². The minimum absolute atomic E-state index is 0.334. The monoisotopic (exact) mass is 437 g/mol. The van der Waals surface area contributed by atoms with Crippen molar-refractivity contribution < 1.29 is 19.5 Å². The molecule has 2 atom stereocenters. The third-order valence-electron chi connectivity index (χ3n) is 5.27. The molecule has 2 aromatic rings. The molecule has 1 aromatic heterocycles. The quantitative estimate of drug-likeness (QED) is 0.694. The fourth-order valence-electron chi connectivity index (χ4n) is 3.75. The van der Waals surface area contributed by atoms with Crippen LogP contribution in [0.5, 0.6) is 0 Å². The number of nitrogens with one attached hydrogen (secondary N) is 1. The third kappa shape index (κ3) is 4.53. The molecule has 1 aliphatic rings. The zero-order valence-corrected chi connectivity index (χ0v) is 17.9. The van der Waals surface area contributed by atoms with E-state index in [4.69, 9.17) is 11.6 Å². The van der Waals surface area contributed by atoms with Crippen LogP contribution < -0.4 is 5.32 Å². The van der Waals surface area contributed by atoms with Gasteiger partial charge in [0, 0.05) is 29.5 Å². The lowest BCUT2D eigenvalue weighted by atomic mass is 10.1. The fourth-order valence-corrected chi connectivity index (χ4v) is 4.40. The average Bonchev–Trinajstić information content (AvgIpc) is 3.29. The van der Waals surface area contributed by atoms with Gasteiger partial charge in [0.25, 0.3) is 5.91 Å². The molecule has 0 bridgehead atoms. The Labute approximate surface area is 178 Å². The highest BCUT2D eigenvalue weighted by Gasteiger charge is 2.37. The molecule has 2 N–H and O–H groups in total. The molecule has 9 heteroatoms. The Morgan fingerprint density at radius 3 is 2.79 bits per heavy atom. The van der Waals surface area contributed by atoms with Crippen molar-refractivity contribution in [3.05, 3.63) is 35.0 Å². The van der Waals surface area contributed by atoms with Crippen LogP contribution in [0, 0.1) is 0 Å². The molecule has 0 spiro atoms. The molecule has 0 saturated carbocycles. The Hall–Kier alpha value is -2.19. The van der Waals surface area contributed by atoms with Crippen LogP contribution in [0.15, 0.2) is 24.3 Å². The summed E-state index contributed by atoms with van der Waals surface area (Å²) in [7, 11) is 1.78. The first kappa shape index (κ1) is 21.5. The van der Waals surface area contributed by atoms with Crippen LogP contribution in [0.4, 0.5) is 0 Å². The number of aromatic nitrogens is 1. The van der Waals surface area contributed by atoms with Crippen molar-refractivity contribution in [2.24, 2.45) is 7.05 Å². The van der Waals surface area contributed by atoms with Gasteiger partial charge in [-0.1, -0.05) is 11.6 Å². The van der Waals surface area contributed by atoms with E-state index in [-0.39, 0.29) is 11.8 Å². The Morgan fingerprint density at radius 1 is 1.34 bits per heavy atom. The largest absolute Gasteiger partial charge is 0.480 e. The van der Waals surface area contributed by atoms with E-state index < -0.39 is 18.1 Å². The number of halogens is 1.